The molecular formula is C14H23N3O2. The quantitative estimate of drug-likeness (QED) is 0.854. The molecule has 0 spiro atoms. The highest BCUT2D eigenvalue weighted by Crippen LogP contribution is 2.39. The van der Waals surface area contributed by atoms with Crippen LogP contribution in [0.25, 0.3) is 0 Å². The third-order valence-corrected chi connectivity index (χ3v) is 3.92. The van der Waals surface area contributed by atoms with Crippen LogP contribution in [0.1, 0.15) is 51.9 Å². The fourth-order valence-electron chi connectivity index (χ4n) is 3.15. The van der Waals surface area contributed by atoms with Crippen molar-refractivity contribution in [2.24, 2.45) is 0 Å². The monoisotopic (exact) mass is 265 g/mol. The summed E-state index contributed by atoms with van der Waals surface area (Å²) in [5, 5.41) is 12.8. The minimum absolute atomic E-state index is 0.170. The lowest BCUT2D eigenvalue weighted by Gasteiger charge is -2.28. The highest BCUT2D eigenvalue weighted by atomic mass is 16.4. The Kier molecular flexibility index (Phi) is 3.94. The fraction of sp³-hybridized carbons (Fsp3) is 0.714. The second kappa shape index (κ2) is 5.33. The number of hydrogen-bond acceptors (Lipinski definition) is 3. The second-order valence-electron chi connectivity index (χ2n) is 5.69. The minimum Gasteiger partial charge on any atom is -0.480 e. The number of aromatic nitrogens is 2. The molecule has 2 N–H and O–H groups in total. The SMILES string of the molecule is CCc1nccn1C1CCC(NC(C)C)(C(=O)O)C1. The lowest BCUT2D eigenvalue weighted by Crippen LogP contribution is -2.53. The topological polar surface area (TPSA) is 67.2 Å². The van der Waals surface area contributed by atoms with E-state index >= 15 is 0 Å². The molecule has 1 aliphatic rings. The number of carbonyl (C=O) groups is 1. The van der Waals surface area contributed by atoms with Crippen molar-refractivity contribution in [2.75, 3.05) is 0 Å². The highest BCUT2D eigenvalue weighted by Gasteiger charge is 2.46. The number of carboxylic acids is 1. The summed E-state index contributed by atoms with van der Waals surface area (Å²) in [7, 11) is 0. The van der Waals surface area contributed by atoms with Crippen LogP contribution in [-0.2, 0) is 11.2 Å². The molecule has 5 heteroatoms. The van der Waals surface area contributed by atoms with E-state index in [0.29, 0.717) is 12.8 Å². The van der Waals surface area contributed by atoms with Gasteiger partial charge in [-0.05, 0) is 33.1 Å². The fourth-order valence-corrected chi connectivity index (χ4v) is 3.15. The van der Waals surface area contributed by atoms with Gasteiger partial charge in [0.2, 0.25) is 0 Å². The largest absolute Gasteiger partial charge is 0.480 e. The standard InChI is InChI=1S/C14H23N3O2/c1-4-12-15-7-8-17(12)11-5-6-14(9-11,13(18)19)16-10(2)3/h7-8,10-11,16H,4-6,9H2,1-3H3,(H,18,19). The van der Waals surface area contributed by atoms with Gasteiger partial charge in [0.05, 0.1) is 0 Å². The van der Waals surface area contributed by atoms with Crippen molar-refractivity contribution in [3.05, 3.63) is 18.2 Å². The summed E-state index contributed by atoms with van der Waals surface area (Å²) in [6, 6.07) is 0.406. The summed E-state index contributed by atoms with van der Waals surface area (Å²) < 4.78 is 2.15. The normalized spacial score (nSPS) is 27.1. The van der Waals surface area contributed by atoms with E-state index in [1.807, 2.05) is 20.0 Å². The average molecular weight is 265 g/mol. The molecule has 1 heterocycles. The lowest BCUT2D eigenvalue weighted by atomic mass is 9.96. The van der Waals surface area contributed by atoms with E-state index in [9.17, 15) is 9.90 Å². The molecule has 0 bridgehead atoms. The van der Waals surface area contributed by atoms with Gasteiger partial charge in [-0.3, -0.25) is 10.1 Å². The van der Waals surface area contributed by atoms with Crippen LogP contribution in [-0.4, -0.2) is 32.2 Å². The van der Waals surface area contributed by atoms with Crippen molar-refractivity contribution < 1.29 is 9.90 Å². The van der Waals surface area contributed by atoms with E-state index in [4.69, 9.17) is 0 Å². The van der Waals surface area contributed by atoms with Crippen LogP contribution in [0.3, 0.4) is 0 Å². The molecule has 0 amide bonds. The Morgan fingerprint density at radius 2 is 2.42 bits per heavy atom. The number of rotatable bonds is 5. The van der Waals surface area contributed by atoms with Gasteiger partial charge in [-0.15, -0.1) is 0 Å². The number of aliphatic carboxylic acids is 1. The van der Waals surface area contributed by atoms with Crippen molar-refractivity contribution in [3.8, 4) is 0 Å². The molecule has 106 valence electrons. The second-order valence-corrected chi connectivity index (χ2v) is 5.69. The number of aryl methyl sites for hydroxylation is 1. The molecule has 1 saturated carbocycles. The molecule has 5 nitrogen and oxygen atoms in total. The first kappa shape index (κ1) is 14.1. The number of carboxylic acid groups (broad SMARTS) is 1. The zero-order valence-corrected chi connectivity index (χ0v) is 11.9. The number of imidazole rings is 1. The molecule has 19 heavy (non-hydrogen) atoms. The zero-order valence-electron chi connectivity index (χ0n) is 11.9. The first-order valence-electron chi connectivity index (χ1n) is 7.01. The summed E-state index contributed by atoms with van der Waals surface area (Å²) in [5.41, 5.74) is -0.784. The molecule has 0 saturated heterocycles. The van der Waals surface area contributed by atoms with Crippen LogP contribution in [0.15, 0.2) is 12.4 Å². The van der Waals surface area contributed by atoms with E-state index in [1.54, 1.807) is 6.20 Å². The van der Waals surface area contributed by atoms with E-state index < -0.39 is 11.5 Å². The average Bonchev–Trinajstić information content (AvgIpc) is 2.94. The van der Waals surface area contributed by atoms with Gasteiger partial charge in [-0.25, -0.2) is 4.98 Å². The van der Waals surface area contributed by atoms with Crippen LogP contribution in [0, 0.1) is 0 Å². The van der Waals surface area contributed by atoms with Crippen molar-refractivity contribution >= 4 is 5.97 Å². The van der Waals surface area contributed by atoms with Gasteiger partial charge in [0.25, 0.3) is 0 Å². The van der Waals surface area contributed by atoms with Gasteiger partial charge >= 0.3 is 5.97 Å². The van der Waals surface area contributed by atoms with E-state index in [-0.39, 0.29) is 12.1 Å². The molecule has 2 rings (SSSR count). The summed E-state index contributed by atoms with van der Waals surface area (Å²) >= 11 is 0. The maximum atomic E-state index is 11.6. The summed E-state index contributed by atoms with van der Waals surface area (Å²) in [6.45, 7) is 6.06. The first-order chi connectivity index (χ1) is 8.98. The third kappa shape index (κ3) is 2.66. The van der Waals surface area contributed by atoms with E-state index in [1.165, 1.54) is 0 Å². The molecular weight excluding hydrogens is 242 g/mol. The molecule has 2 unspecified atom stereocenters. The van der Waals surface area contributed by atoms with Gasteiger partial charge in [0.15, 0.2) is 0 Å². The zero-order chi connectivity index (χ0) is 14.0. The first-order valence-corrected chi connectivity index (χ1v) is 7.01. The van der Waals surface area contributed by atoms with Crippen LogP contribution < -0.4 is 5.32 Å². The number of nitrogens with one attached hydrogen (secondary N) is 1. The van der Waals surface area contributed by atoms with Gasteiger partial charge in [0, 0.05) is 30.9 Å². The highest BCUT2D eigenvalue weighted by molar-refractivity contribution is 5.79. The van der Waals surface area contributed by atoms with Crippen molar-refractivity contribution in [3.63, 3.8) is 0 Å². The molecule has 0 aromatic carbocycles. The third-order valence-electron chi connectivity index (χ3n) is 3.92. The predicted molar refractivity (Wildman–Crippen MR) is 73.1 cm³/mol. The van der Waals surface area contributed by atoms with Crippen LogP contribution >= 0.6 is 0 Å². The molecule has 0 aliphatic heterocycles. The molecule has 1 fully saturated rings. The van der Waals surface area contributed by atoms with Gasteiger partial charge in [0.1, 0.15) is 11.4 Å². The van der Waals surface area contributed by atoms with Gasteiger partial charge in [-0.2, -0.15) is 0 Å². The van der Waals surface area contributed by atoms with Crippen LogP contribution in [0.4, 0.5) is 0 Å². The Labute approximate surface area is 114 Å². The Hall–Kier alpha value is -1.36. The Morgan fingerprint density at radius 1 is 1.68 bits per heavy atom. The minimum atomic E-state index is -0.784. The molecule has 2 atom stereocenters. The van der Waals surface area contributed by atoms with E-state index in [2.05, 4.69) is 21.8 Å². The van der Waals surface area contributed by atoms with Crippen LogP contribution in [0.2, 0.25) is 0 Å². The molecule has 1 aliphatic carbocycles. The molecule has 1 aromatic rings. The van der Waals surface area contributed by atoms with Crippen molar-refractivity contribution in [1.29, 1.82) is 0 Å². The number of nitrogens with zero attached hydrogens (tertiary/aromatic N) is 2. The van der Waals surface area contributed by atoms with Gasteiger partial charge in [-0.1, -0.05) is 6.92 Å². The molecule has 0 radical (unpaired) electrons. The lowest BCUT2D eigenvalue weighted by molar-refractivity contribution is -0.145. The van der Waals surface area contributed by atoms with E-state index in [0.717, 1.165) is 18.7 Å². The number of hydrogen-bond donors (Lipinski definition) is 2. The summed E-state index contributed by atoms with van der Waals surface area (Å²) in [5.74, 6) is 0.303. The Morgan fingerprint density at radius 3 is 3.00 bits per heavy atom. The van der Waals surface area contributed by atoms with Gasteiger partial charge < -0.3 is 9.67 Å². The maximum absolute atomic E-state index is 11.6. The van der Waals surface area contributed by atoms with Crippen molar-refractivity contribution in [1.82, 2.24) is 14.9 Å². The summed E-state index contributed by atoms with van der Waals surface area (Å²) in [4.78, 5) is 16.0. The Balaban J connectivity index is 2.19. The summed E-state index contributed by atoms with van der Waals surface area (Å²) in [6.07, 6.45) is 6.83. The predicted octanol–water partition coefficient (Wildman–Crippen LogP) is 1.99. The molecule has 1 aromatic heterocycles. The van der Waals surface area contributed by atoms with Crippen LogP contribution in [0.5, 0.6) is 0 Å². The Bertz CT molecular complexity index is 455. The van der Waals surface area contributed by atoms with Crippen molar-refractivity contribution in [2.45, 2.75) is 64.1 Å². The maximum Gasteiger partial charge on any atom is 0.323 e. The smallest absolute Gasteiger partial charge is 0.323 e.